The van der Waals surface area contributed by atoms with Gasteiger partial charge in [-0.15, -0.1) is 0 Å². The van der Waals surface area contributed by atoms with E-state index < -0.39 is 7.14 Å². The van der Waals surface area contributed by atoms with Gasteiger partial charge in [0.2, 0.25) is 0 Å². The fourth-order valence-corrected chi connectivity index (χ4v) is 11.6. The molecule has 4 saturated carbocycles. The second kappa shape index (κ2) is 13.9. The molecule has 4 aliphatic carbocycles. The van der Waals surface area contributed by atoms with Gasteiger partial charge in [-0.3, -0.25) is 0 Å². The Labute approximate surface area is 330 Å². The van der Waals surface area contributed by atoms with E-state index in [0.29, 0.717) is 29.3 Å². The number of benzene rings is 6. The van der Waals surface area contributed by atoms with Gasteiger partial charge >= 0.3 is 0 Å². The molecule has 276 valence electrons. The third-order valence-corrected chi connectivity index (χ3v) is 14.7. The summed E-state index contributed by atoms with van der Waals surface area (Å²) in [4.78, 5) is 15.3. The van der Waals surface area contributed by atoms with Crippen molar-refractivity contribution in [2.75, 3.05) is 13.3 Å². The average molecular weight is 748 g/mol. The smallest absolute Gasteiger partial charge is 0.164 e. The van der Waals surface area contributed by atoms with Crippen molar-refractivity contribution in [2.45, 2.75) is 37.5 Å². The molecule has 7 aromatic rings. The monoisotopic (exact) mass is 747 g/mol. The van der Waals surface area contributed by atoms with Crippen molar-refractivity contribution in [1.29, 1.82) is 0 Å². The van der Waals surface area contributed by atoms with Crippen LogP contribution in [0.15, 0.2) is 158 Å². The maximum atomic E-state index is 12.7. The van der Waals surface area contributed by atoms with Crippen LogP contribution >= 0.6 is 7.14 Å². The highest BCUT2D eigenvalue weighted by molar-refractivity contribution is 7.70. The van der Waals surface area contributed by atoms with E-state index in [0.717, 1.165) is 50.5 Å². The molecule has 0 unspecified atom stereocenters. The van der Waals surface area contributed by atoms with Crippen LogP contribution in [-0.4, -0.2) is 28.3 Å². The summed E-state index contributed by atoms with van der Waals surface area (Å²) in [5.74, 6) is 4.99. The van der Waals surface area contributed by atoms with Crippen LogP contribution in [0.3, 0.4) is 0 Å². The molecule has 0 atom stereocenters. The lowest BCUT2D eigenvalue weighted by Gasteiger charge is -2.62. The Bertz CT molecular complexity index is 2530. The molecule has 11 rings (SSSR count). The van der Waals surface area contributed by atoms with Crippen LogP contribution in [-0.2, 0) is 9.98 Å². The summed E-state index contributed by atoms with van der Waals surface area (Å²) in [6, 6.07) is 56.2. The summed E-state index contributed by atoms with van der Waals surface area (Å²) < 4.78 is 12.7. The molecule has 0 spiro atoms. The fourth-order valence-electron chi connectivity index (χ4n) is 10.7. The molecule has 4 fully saturated rings. The predicted octanol–water partition coefficient (Wildman–Crippen LogP) is 12.2. The van der Waals surface area contributed by atoms with Crippen molar-refractivity contribution < 1.29 is 4.57 Å². The Morgan fingerprint density at radius 1 is 0.429 bits per heavy atom. The molecule has 4 bridgehead atoms. The second-order valence-electron chi connectivity index (χ2n) is 16.8. The van der Waals surface area contributed by atoms with Crippen LogP contribution in [0.25, 0.3) is 56.4 Å². The number of nitrogens with zero attached hydrogens (tertiary/aromatic N) is 3. The molecule has 0 N–H and O–H groups in total. The first-order valence-electron chi connectivity index (χ1n) is 20.2. The van der Waals surface area contributed by atoms with Gasteiger partial charge in [0, 0.05) is 27.4 Å². The molecule has 4 nitrogen and oxygen atoms in total. The molecular weight excluding hydrogens is 702 g/mol. The molecule has 1 aromatic heterocycles. The minimum absolute atomic E-state index is 0.0251. The molecule has 56 heavy (non-hydrogen) atoms. The molecule has 5 heteroatoms. The maximum Gasteiger partial charge on any atom is 0.164 e. The summed E-state index contributed by atoms with van der Waals surface area (Å²) in [6.45, 7) is 3.67. The topological polar surface area (TPSA) is 55.7 Å². The van der Waals surface area contributed by atoms with Crippen molar-refractivity contribution in [3.05, 3.63) is 169 Å². The van der Waals surface area contributed by atoms with E-state index in [1.165, 1.54) is 48.8 Å². The van der Waals surface area contributed by atoms with E-state index in [1.54, 1.807) is 0 Å². The quantitative estimate of drug-likeness (QED) is 0.145. The Morgan fingerprint density at radius 2 is 0.821 bits per heavy atom. The molecule has 0 saturated heterocycles. The maximum absolute atomic E-state index is 12.7. The van der Waals surface area contributed by atoms with Gasteiger partial charge in [-0.05, 0) is 109 Å². The van der Waals surface area contributed by atoms with Crippen molar-refractivity contribution in [3.8, 4) is 56.4 Å². The van der Waals surface area contributed by atoms with Gasteiger partial charge in [-0.1, -0.05) is 152 Å². The molecule has 4 aliphatic rings. The Morgan fingerprint density at radius 3 is 1.34 bits per heavy atom. The lowest BCUT2D eigenvalue weighted by Crippen LogP contribution is -2.56. The molecule has 0 aliphatic heterocycles. The van der Waals surface area contributed by atoms with Crippen LogP contribution in [0.1, 0.15) is 43.2 Å². The average Bonchev–Trinajstić information content (AvgIpc) is 3.24. The molecule has 6 aromatic carbocycles. The lowest BCUT2D eigenvalue weighted by atomic mass is 9.42. The minimum atomic E-state index is -2.29. The van der Waals surface area contributed by atoms with Crippen molar-refractivity contribution in [2.24, 2.45) is 23.7 Å². The summed E-state index contributed by atoms with van der Waals surface area (Å²) in [7, 11) is -2.29. The summed E-state index contributed by atoms with van der Waals surface area (Å²) >= 11 is 0. The largest absolute Gasteiger partial charge is 0.319 e. The summed E-state index contributed by atoms with van der Waals surface area (Å²) in [5, 5.41) is 0.927. The Hall–Kier alpha value is -5.44. The first kappa shape index (κ1) is 35.0. The van der Waals surface area contributed by atoms with E-state index in [9.17, 15) is 4.57 Å². The van der Waals surface area contributed by atoms with Crippen LogP contribution in [0.4, 0.5) is 0 Å². The third kappa shape index (κ3) is 6.25. The van der Waals surface area contributed by atoms with Crippen LogP contribution in [0.5, 0.6) is 0 Å². The highest BCUT2D eigenvalue weighted by Crippen LogP contribution is 2.65. The predicted molar refractivity (Wildman–Crippen MR) is 230 cm³/mol. The SMILES string of the molecule is CP(C)(=O)c1ccc(-c2ccc(C3(c4ccc(-c5nc(-c6ccccc6)nc(-c6cccc(-c7ccccc7)c6)n5)cc4)C4CC5CC(C4)CC3C5)cc2)cc1. The van der Waals surface area contributed by atoms with Gasteiger partial charge in [-0.25, -0.2) is 15.0 Å². The number of hydrogen-bond donors (Lipinski definition) is 0. The van der Waals surface area contributed by atoms with Gasteiger partial charge in [-0.2, -0.15) is 0 Å². The molecular formula is C51H46N3OP. The van der Waals surface area contributed by atoms with Crippen molar-refractivity contribution >= 4 is 12.4 Å². The van der Waals surface area contributed by atoms with Gasteiger partial charge in [0.25, 0.3) is 0 Å². The van der Waals surface area contributed by atoms with Gasteiger partial charge in [0.15, 0.2) is 17.5 Å². The van der Waals surface area contributed by atoms with Gasteiger partial charge in [0.05, 0.1) is 0 Å². The lowest BCUT2D eigenvalue weighted by molar-refractivity contribution is -0.0418. The summed E-state index contributed by atoms with van der Waals surface area (Å²) in [6.07, 6.45) is 6.66. The zero-order valence-corrected chi connectivity index (χ0v) is 32.9. The zero-order valence-electron chi connectivity index (χ0n) is 32.1. The first-order chi connectivity index (χ1) is 27.3. The molecule has 1 heterocycles. The fraction of sp³-hybridized carbons (Fsp3) is 0.235. The highest BCUT2D eigenvalue weighted by Gasteiger charge is 2.58. The van der Waals surface area contributed by atoms with Gasteiger partial charge in [0.1, 0.15) is 7.14 Å². The van der Waals surface area contributed by atoms with Crippen molar-refractivity contribution in [1.82, 2.24) is 15.0 Å². The number of rotatable bonds is 8. The van der Waals surface area contributed by atoms with E-state index in [-0.39, 0.29) is 5.41 Å². The van der Waals surface area contributed by atoms with E-state index in [4.69, 9.17) is 15.0 Å². The van der Waals surface area contributed by atoms with Crippen LogP contribution in [0, 0.1) is 23.7 Å². The van der Waals surface area contributed by atoms with E-state index in [1.807, 2.05) is 49.7 Å². The first-order valence-corrected chi connectivity index (χ1v) is 22.8. The number of aromatic nitrogens is 3. The van der Waals surface area contributed by atoms with Crippen LogP contribution < -0.4 is 5.30 Å². The normalized spacial score (nSPS) is 22.6. The van der Waals surface area contributed by atoms with E-state index >= 15 is 0 Å². The molecule has 0 amide bonds. The van der Waals surface area contributed by atoms with Crippen LogP contribution in [0.2, 0.25) is 0 Å². The van der Waals surface area contributed by atoms with Crippen molar-refractivity contribution in [3.63, 3.8) is 0 Å². The zero-order chi connectivity index (χ0) is 37.9. The highest BCUT2D eigenvalue weighted by atomic mass is 31.2. The Balaban J connectivity index is 1.04. The minimum Gasteiger partial charge on any atom is -0.319 e. The third-order valence-electron chi connectivity index (χ3n) is 13.1. The standard InChI is InChI=1S/C51H46N3OP/c1-56(2,55)47-26-20-38(21-27-47)37-16-22-43(23-17-37)51(45-29-34-28-35(31-45)32-46(51)30-34)44-24-18-40(19-25-44)49-52-48(39-12-7-4-8-13-39)53-50(54-49)42-15-9-14-41(33-42)36-10-5-3-6-11-36/h3-27,33-35,45-46H,28-32H2,1-2H3. The molecule has 0 radical (unpaired) electrons. The Kier molecular flexibility index (Phi) is 8.71. The number of hydrogen-bond acceptors (Lipinski definition) is 4. The van der Waals surface area contributed by atoms with E-state index in [2.05, 4.69) is 121 Å². The summed E-state index contributed by atoms with van der Waals surface area (Å²) in [5.41, 5.74) is 10.4. The second-order valence-corrected chi connectivity index (χ2v) is 20.1. The van der Waals surface area contributed by atoms with Gasteiger partial charge < -0.3 is 4.57 Å².